The van der Waals surface area contributed by atoms with Crippen LogP contribution in [0.1, 0.15) is 40.5 Å². The molecule has 0 unspecified atom stereocenters. The fraction of sp³-hybridized carbons (Fsp3) is 0.929. The van der Waals surface area contributed by atoms with Crippen LogP contribution in [0.5, 0.6) is 0 Å². The number of carbonyl (C=O) groups is 1. The molecule has 0 saturated heterocycles. The second-order valence-electron chi connectivity index (χ2n) is 7.09. The van der Waals surface area contributed by atoms with Gasteiger partial charge >= 0.3 is 0 Å². The third-order valence-corrected chi connectivity index (χ3v) is 5.39. The Kier molecular flexibility index (Phi) is 2.81. The van der Waals surface area contributed by atoms with E-state index in [1.807, 2.05) is 11.9 Å². The zero-order valence-corrected chi connectivity index (χ0v) is 11.7. The van der Waals surface area contributed by atoms with Gasteiger partial charge in [0.25, 0.3) is 0 Å². The van der Waals surface area contributed by atoms with Crippen molar-refractivity contribution in [2.24, 2.45) is 22.7 Å². The number of rotatable bonds is 3. The van der Waals surface area contributed by atoms with Crippen molar-refractivity contribution in [1.29, 1.82) is 0 Å². The van der Waals surface area contributed by atoms with Gasteiger partial charge in [-0.15, -0.1) is 0 Å². The number of amides is 1. The molecule has 0 aromatic carbocycles. The van der Waals surface area contributed by atoms with E-state index in [2.05, 4.69) is 27.7 Å². The lowest BCUT2D eigenvalue weighted by molar-refractivity contribution is -0.134. The van der Waals surface area contributed by atoms with E-state index in [9.17, 15) is 9.90 Å². The molecule has 3 heteroatoms. The Morgan fingerprint density at radius 1 is 1.24 bits per heavy atom. The minimum absolute atomic E-state index is 0.122. The van der Waals surface area contributed by atoms with Crippen molar-refractivity contribution in [3.8, 4) is 0 Å². The molecule has 0 atom stereocenters. The summed E-state index contributed by atoms with van der Waals surface area (Å²) < 4.78 is 0. The van der Waals surface area contributed by atoms with Crippen LogP contribution >= 0.6 is 0 Å². The lowest BCUT2D eigenvalue weighted by Crippen LogP contribution is -2.40. The summed E-state index contributed by atoms with van der Waals surface area (Å²) >= 11 is 0. The van der Waals surface area contributed by atoms with Crippen molar-refractivity contribution in [2.75, 3.05) is 13.6 Å². The first-order valence-electron chi connectivity index (χ1n) is 6.61. The number of carbonyl (C=O) groups excluding carboxylic acids is 1. The standard InChI is InChI=1S/C14H25NO2/c1-13(2)11(14(13,3)4)12(17)15(5)8-9-6-10(16)7-9/h9-11,16H,6-8H2,1-5H3. The molecule has 0 aliphatic heterocycles. The molecule has 2 rings (SSSR count). The molecule has 17 heavy (non-hydrogen) atoms. The van der Waals surface area contributed by atoms with Crippen LogP contribution in [-0.4, -0.2) is 35.6 Å². The highest BCUT2D eigenvalue weighted by molar-refractivity contribution is 5.84. The molecule has 98 valence electrons. The molecular weight excluding hydrogens is 214 g/mol. The molecular formula is C14H25NO2. The molecule has 0 spiro atoms. The predicted molar refractivity (Wildman–Crippen MR) is 67.4 cm³/mol. The molecule has 2 aliphatic rings. The van der Waals surface area contributed by atoms with Crippen molar-refractivity contribution in [2.45, 2.75) is 46.6 Å². The number of nitrogens with zero attached hydrogens (tertiary/aromatic N) is 1. The normalized spacial score (nSPS) is 34.0. The monoisotopic (exact) mass is 239 g/mol. The van der Waals surface area contributed by atoms with Gasteiger partial charge in [0.15, 0.2) is 0 Å². The van der Waals surface area contributed by atoms with Crippen molar-refractivity contribution < 1.29 is 9.90 Å². The highest BCUT2D eigenvalue weighted by Gasteiger charge is 2.68. The minimum Gasteiger partial charge on any atom is -0.393 e. The highest BCUT2D eigenvalue weighted by atomic mass is 16.3. The topological polar surface area (TPSA) is 40.5 Å². The number of aliphatic hydroxyl groups is 1. The highest BCUT2D eigenvalue weighted by Crippen LogP contribution is 2.68. The van der Waals surface area contributed by atoms with Crippen molar-refractivity contribution in [1.82, 2.24) is 4.90 Å². The Morgan fingerprint density at radius 3 is 2.06 bits per heavy atom. The predicted octanol–water partition coefficient (Wildman–Crippen LogP) is 1.90. The van der Waals surface area contributed by atoms with E-state index in [1.165, 1.54) is 0 Å². The maximum Gasteiger partial charge on any atom is 0.226 e. The van der Waals surface area contributed by atoms with Crippen LogP contribution in [0.15, 0.2) is 0 Å². The third kappa shape index (κ3) is 1.88. The van der Waals surface area contributed by atoms with Gasteiger partial charge in [-0.05, 0) is 29.6 Å². The molecule has 2 saturated carbocycles. The Bertz CT molecular complexity index is 315. The number of aliphatic hydroxyl groups excluding tert-OH is 1. The summed E-state index contributed by atoms with van der Waals surface area (Å²) in [6.07, 6.45) is 1.58. The average molecular weight is 239 g/mol. The number of hydrogen-bond donors (Lipinski definition) is 1. The van der Waals surface area contributed by atoms with Gasteiger partial charge in [-0.25, -0.2) is 0 Å². The Hall–Kier alpha value is -0.570. The van der Waals surface area contributed by atoms with E-state index in [0.29, 0.717) is 5.92 Å². The zero-order chi connectivity index (χ0) is 13.0. The van der Waals surface area contributed by atoms with Gasteiger partial charge in [0, 0.05) is 19.5 Å². The van der Waals surface area contributed by atoms with E-state index in [0.717, 1.165) is 19.4 Å². The summed E-state index contributed by atoms with van der Waals surface area (Å²) in [4.78, 5) is 14.2. The molecule has 1 N–H and O–H groups in total. The molecule has 0 heterocycles. The fourth-order valence-corrected chi connectivity index (χ4v) is 3.36. The maximum absolute atomic E-state index is 12.4. The van der Waals surface area contributed by atoms with Crippen LogP contribution < -0.4 is 0 Å². The Morgan fingerprint density at radius 2 is 1.71 bits per heavy atom. The van der Waals surface area contributed by atoms with Gasteiger partial charge in [0.2, 0.25) is 5.91 Å². The van der Waals surface area contributed by atoms with Crippen molar-refractivity contribution in [3.63, 3.8) is 0 Å². The molecule has 2 aliphatic carbocycles. The van der Waals surface area contributed by atoms with Crippen LogP contribution in [-0.2, 0) is 4.79 Å². The fourth-order valence-electron chi connectivity index (χ4n) is 3.36. The third-order valence-electron chi connectivity index (χ3n) is 5.39. The van der Waals surface area contributed by atoms with Crippen LogP contribution in [0.3, 0.4) is 0 Å². The molecule has 1 amide bonds. The molecule has 0 aromatic rings. The van der Waals surface area contributed by atoms with Crippen LogP contribution in [0.25, 0.3) is 0 Å². The van der Waals surface area contributed by atoms with Crippen LogP contribution in [0, 0.1) is 22.7 Å². The van der Waals surface area contributed by atoms with Gasteiger partial charge in [-0.2, -0.15) is 0 Å². The maximum atomic E-state index is 12.4. The van der Waals surface area contributed by atoms with Crippen LogP contribution in [0.2, 0.25) is 0 Å². The largest absolute Gasteiger partial charge is 0.393 e. The quantitative estimate of drug-likeness (QED) is 0.817. The van der Waals surface area contributed by atoms with E-state index < -0.39 is 0 Å². The molecule has 0 radical (unpaired) electrons. The smallest absolute Gasteiger partial charge is 0.226 e. The van der Waals surface area contributed by atoms with Gasteiger partial charge in [0.1, 0.15) is 0 Å². The van der Waals surface area contributed by atoms with Crippen molar-refractivity contribution >= 4 is 5.91 Å². The first-order valence-corrected chi connectivity index (χ1v) is 6.61. The van der Waals surface area contributed by atoms with E-state index in [1.54, 1.807) is 0 Å². The van der Waals surface area contributed by atoms with E-state index in [4.69, 9.17) is 0 Å². The summed E-state index contributed by atoms with van der Waals surface area (Å²) in [7, 11) is 1.90. The van der Waals surface area contributed by atoms with Gasteiger partial charge in [0.05, 0.1) is 6.10 Å². The number of hydrogen-bond acceptors (Lipinski definition) is 2. The molecule has 0 aromatic heterocycles. The molecule has 3 nitrogen and oxygen atoms in total. The van der Waals surface area contributed by atoms with E-state index in [-0.39, 0.29) is 28.8 Å². The molecule has 2 fully saturated rings. The first-order chi connectivity index (χ1) is 7.68. The summed E-state index contributed by atoms with van der Waals surface area (Å²) in [5.74, 6) is 0.940. The van der Waals surface area contributed by atoms with Crippen molar-refractivity contribution in [3.05, 3.63) is 0 Å². The Labute approximate surface area is 104 Å². The van der Waals surface area contributed by atoms with Gasteiger partial charge in [-0.3, -0.25) is 4.79 Å². The SMILES string of the molecule is CN(CC1CC(O)C1)C(=O)C1C(C)(C)C1(C)C. The Balaban J connectivity index is 1.89. The zero-order valence-electron chi connectivity index (χ0n) is 11.7. The average Bonchev–Trinajstić information content (AvgIpc) is 2.54. The lowest BCUT2D eigenvalue weighted by atomic mass is 9.82. The van der Waals surface area contributed by atoms with Crippen LogP contribution in [0.4, 0.5) is 0 Å². The lowest BCUT2D eigenvalue weighted by Gasteiger charge is -2.34. The van der Waals surface area contributed by atoms with Gasteiger partial charge < -0.3 is 10.0 Å². The molecule has 0 bridgehead atoms. The summed E-state index contributed by atoms with van der Waals surface area (Å²) in [5.41, 5.74) is 0.245. The summed E-state index contributed by atoms with van der Waals surface area (Å²) in [6, 6.07) is 0. The van der Waals surface area contributed by atoms with E-state index >= 15 is 0 Å². The summed E-state index contributed by atoms with van der Waals surface area (Å²) in [5, 5.41) is 9.25. The van der Waals surface area contributed by atoms with Gasteiger partial charge in [-0.1, -0.05) is 27.7 Å². The second kappa shape index (κ2) is 3.71. The first kappa shape index (κ1) is 12.9. The second-order valence-corrected chi connectivity index (χ2v) is 7.09. The summed E-state index contributed by atoms with van der Waals surface area (Å²) in [6.45, 7) is 9.51. The minimum atomic E-state index is -0.127.